The number of hydrogen-bond donors (Lipinski definition) is 1. The van der Waals surface area contributed by atoms with Gasteiger partial charge in [-0.1, -0.05) is 0 Å². The van der Waals surface area contributed by atoms with Gasteiger partial charge in [0.2, 0.25) is 0 Å². The van der Waals surface area contributed by atoms with Crippen molar-refractivity contribution < 1.29 is 34.8 Å². The Bertz CT molecular complexity index is 89.9. The van der Waals surface area contributed by atoms with Crippen molar-refractivity contribution in [1.82, 2.24) is 0 Å². The number of aliphatic hydroxyl groups excluding tert-OH is 1. The van der Waals surface area contributed by atoms with Gasteiger partial charge in [-0.05, 0) is 0 Å². The van der Waals surface area contributed by atoms with Gasteiger partial charge in [0.25, 0.3) is 0 Å². The number of ether oxygens (including phenoxy) is 2. The molecule has 1 N–H and O–H groups in total. The first-order chi connectivity index (χ1) is 5.29. The molecule has 0 fully saturated rings. The van der Waals surface area contributed by atoms with Crippen molar-refractivity contribution in [1.29, 1.82) is 0 Å². The molecule has 0 aromatic rings. The Morgan fingerprint density at radius 1 is 1.36 bits per heavy atom. The fourth-order valence-electron chi connectivity index (χ4n) is 0.907. The van der Waals surface area contributed by atoms with E-state index in [1.807, 2.05) is 0 Å². The fraction of sp³-hybridized carbons (Fsp3) is 1.00. The van der Waals surface area contributed by atoms with Crippen LogP contribution in [0.15, 0.2) is 0 Å². The Labute approximate surface area is 88.6 Å². The SMILES string of the molecule is COC(CO)C([CH2][Hg][I])OC. The van der Waals surface area contributed by atoms with Gasteiger partial charge in [-0.2, -0.15) is 0 Å². The number of methoxy groups -OCH3 is 2. The van der Waals surface area contributed by atoms with E-state index in [1.165, 1.54) is 0 Å². The average molecular weight is 461 g/mol. The standard InChI is InChI=1S/C6H13O3.Hg.HI/c1-5(8-2)6(4-7)9-3;;/h5-7H,1,4H2,2-3H3;;1H/q;+1;/p-1. The van der Waals surface area contributed by atoms with Gasteiger partial charge < -0.3 is 0 Å². The molecule has 0 saturated heterocycles. The Hall–Kier alpha value is 1.55. The van der Waals surface area contributed by atoms with Gasteiger partial charge in [0.15, 0.2) is 0 Å². The maximum absolute atomic E-state index is 8.87. The van der Waals surface area contributed by atoms with Crippen LogP contribution in [0.25, 0.3) is 0 Å². The fourth-order valence-corrected chi connectivity index (χ4v) is 9.49. The molecule has 0 bridgehead atoms. The summed E-state index contributed by atoms with van der Waals surface area (Å²) in [6, 6.07) is 0. The molecule has 0 aliphatic heterocycles. The molecule has 0 rings (SSSR count). The van der Waals surface area contributed by atoms with Crippen LogP contribution < -0.4 is 0 Å². The maximum atomic E-state index is 8.87. The van der Waals surface area contributed by atoms with Gasteiger partial charge >= 0.3 is 89.5 Å². The second-order valence-corrected chi connectivity index (χ2v) is 15.4. The molecule has 64 valence electrons. The summed E-state index contributed by atoms with van der Waals surface area (Å²) in [6.45, 7) is 0.0550. The zero-order valence-corrected chi connectivity index (χ0v) is 14.6. The van der Waals surface area contributed by atoms with Gasteiger partial charge in [-0.15, -0.1) is 0 Å². The van der Waals surface area contributed by atoms with E-state index in [0.717, 1.165) is 3.93 Å². The first kappa shape index (κ1) is 12.5. The predicted molar refractivity (Wildman–Crippen MR) is 47.5 cm³/mol. The van der Waals surface area contributed by atoms with Crippen molar-refractivity contribution in [2.75, 3.05) is 20.8 Å². The second-order valence-electron chi connectivity index (χ2n) is 2.21. The molecule has 0 aromatic carbocycles. The van der Waals surface area contributed by atoms with E-state index < -0.39 is 20.2 Å². The average Bonchev–Trinajstić information content (AvgIpc) is 2.05. The zero-order chi connectivity index (χ0) is 8.69. The first-order valence-electron chi connectivity index (χ1n) is 3.52. The van der Waals surface area contributed by atoms with Gasteiger partial charge in [-0.3, -0.25) is 0 Å². The van der Waals surface area contributed by atoms with E-state index >= 15 is 0 Å². The summed E-state index contributed by atoms with van der Waals surface area (Å²) in [5.74, 6) is 0. The van der Waals surface area contributed by atoms with Crippen LogP contribution in [0.3, 0.4) is 0 Å². The molecule has 11 heavy (non-hydrogen) atoms. The quantitative estimate of drug-likeness (QED) is 0.472. The van der Waals surface area contributed by atoms with Crippen molar-refractivity contribution >= 4 is 17.7 Å². The van der Waals surface area contributed by atoms with Crippen LogP contribution in [-0.4, -0.2) is 38.1 Å². The molecule has 0 amide bonds. The molecule has 3 nitrogen and oxygen atoms in total. The molecule has 2 atom stereocenters. The Morgan fingerprint density at radius 3 is 2.18 bits per heavy atom. The predicted octanol–water partition coefficient (Wildman–Crippen LogP) is 0.859. The summed E-state index contributed by atoms with van der Waals surface area (Å²) < 4.78 is 11.4. The monoisotopic (exact) mass is 462 g/mol. The third kappa shape index (κ3) is 4.97. The Kier molecular flexibility index (Phi) is 9.30. The normalized spacial score (nSPS) is 15.6. The summed E-state index contributed by atoms with van der Waals surface area (Å²) in [7, 11) is 3.28. The van der Waals surface area contributed by atoms with Gasteiger partial charge in [0.05, 0.1) is 0 Å². The van der Waals surface area contributed by atoms with Crippen LogP contribution in [0.1, 0.15) is 0 Å². The molecule has 0 spiro atoms. The van der Waals surface area contributed by atoms with Gasteiger partial charge in [0, 0.05) is 0 Å². The summed E-state index contributed by atoms with van der Waals surface area (Å²) in [5, 5.41) is 8.87. The van der Waals surface area contributed by atoms with E-state index in [1.54, 1.807) is 14.2 Å². The van der Waals surface area contributed by atoms with Crippen molar-refractivity contribution in [3.63, 3.8) is 0 Å². The van der Waals surface area contributed by atoms with Crippen LogP contribution in [0.4, 0.5) is 0 Å². The topological polar surface area (TPSA) is 38.7 Å². The zero-order valence-electron chi connectivity index (χ0n) is 6.92. The first-order valence-corrected chi connectivity index (χ1v) is 22.9. The summed E-state index contributed by atoms with van der Waals surface area (Å²) in [5.41, 5.74) is 0. The van der Waals surface area contributed by atoms with Crippen LogP contribution in [0.2, 0.25) is 3.93 Å². The number of rotatable bonds is 6. The number of hydrogen-bond acceptors (Lipinski definition) is 3. The number of aliphatic hydroxyl groups is 1. The molecule has 0 aliphatic carbocycles. The Morgan fingerprint density at radius 2 is 1.91 bits per heavy atom. The molecule has 2 unspecified atom stereocenters. The van der Waals surface area contributed by atoms with Gasteiger partial charge in [0.1, 0.15) is 0 Å². The molecule has 0 saturated carbocycles. The van der Waals surface area contributed by atoms with E-state index in [-0.39, 0.29) is 18.8 Å². The van der Waals surface area contributed by atoms with Crippen LogP contribution in [0.5, 0.6) is 0 Å². The third-order valence-corrected chi connectivity index (χ3v) is 10.1. The van der Waals surface area contributed by atoms with Crippen LogP contribution in [0, 0.1) is 0 Å². The van der Waals surface area contributed by atoms with Crippen molar-refractivity contribution in [3.05, 3.63) is 0 Å². The molecular formula is C6H13HgIO3. The minimum absolute atomic E-state index is 0.0550. The van der Waals surface area contributed by atoms with E-state index in [0.29, 0.717) is 0 Å². The van der Waals surface area contributed by atoms with E-state index in [9.17, 15) is 0 Å². The Balaban J connectivity index is 3.76. The van der Waals surface area contributed by atoms with Crippen molar-refractivity contribution in [2.45, 2.75) is 16.1 Å². The molecule has 0 aromatic heterocycles. The minimum atomic E-state index is -0.689. The van der Waals surface area contributed by atoms with Crippen molar-refractivity contribution in [2.24, 2.45) is 0 Å². The van der Waals surface area contributed by atoms with Crippen molar-refractivity contribution in [3.8, 4) is 0 Å². The third-order valence-electron chi connectivity index (χ3n) is 1.59. The van der Waals surface area contributed by atoms with Crippen LogP contribution in [-0.2, 0) is 29.7 Å². The van der Waals surface area contributed by atoms with Gasteiger partial charge in [-0.25, -0.2) is 0 Å². The molecular weight excluding hydrogens is 448 g/mol. The summed E-state index contributed by atoms with van der Waals surface area (Å²) in [6.07, 6.45) is -0.0154. The summed E-state index contributed by atoms with van der Waals surface area (Å²) in [4.78, 5) is 0. The number of halogens is 1. The van der Waals surface area contributed by atoms with E-state index in [4.69, 9.17) is 14.6 Å². The van der Waals surface area contributed by atoms with E-state index in [2.05, 4.69) is 17.7 Å². The molecule has 0 radical (unpaired) electrons. The molecule has 0 aliphatic rings. The molecule has 5 heteroatoms. The van der Waals surface area contributed by atoms with Crippen LogP contribution >= 0.6 is 17.7 Å². The summed E-state index contributed by atoms with van der Waals surface area (Å²) >= 11 is 1.81. The molecule has 0 heterocycles. The second kappa shape index (κ2) is 8.16.